The number of nitrogens with zero attached hydrogens (tertiary/aromatic N) is 1. The fourth-order valence-corrected chi connectivity index (χ4v) is 3.69. The molecule has 1 aliphatic heterocycles. The van der Waals surface area contributed by atoms with Gasteiger partial charge in [0.1, 0.15) is 5.75 Å². The maximum absolute atomic E-state index is 12.4. The van der Waals surface area contributed by atoms with Crippen LogP contribution in [0.4, 0.5) is 13.2 Å². The summed E-state index contributed by atoms with van der Waals surface area (Å²) in [4.78, 5) is 14.2. The summed E-state index contributed by atoms with van der Waals surface area (Å²) in [5.74, 6) is -0.167. The Morgan fingerprint density at radius 3 is 2.10 bits per heavy atom. The van der Waals surface area contributed by atoms with E-state index in [1.54, 1.807) is 17.0 Å². The molecule has 0 aliphatic carbocycles. The van der Waals surface area contributed by atoms with Gasteiger partial charge in [-0.25, -0.2) is 0 Å². The summed E-state index contributed by atoms with van der Waals surface area (Å²) in [7, 11) is 0. The van der Waals surface area contributed by atoms with Crippen molar-refractivity contribution < 1.29 is 22.7 Å². The first-order valence-electron chi connectivity index (χ1n) is 9.90. The lowest BCUT2D eigenvalue weighted by Crippen LogP contribution is -2.21. The minimum absolute atomic E-state index is 0.0379. The third-order valence-corrected chi connectivity index (χ3v) is 5.20. The molecular formula is C25H20F3NO2. The van der Waals surface area contributed by atoms with Crippen molar-refractivity contribution in [2.24, 2.45) is 0 Å². The van der Waals surface area contributed by atoms with Crippen LogP contribution in [0.3, 0.4) is 0 Å². The SMILES string of the molecule is O=C1CCC(c2ccc(-c3ccc(OC(F)(F)F)cc3)cc2)N1C=Cc1ccccc1. The number of amides is 1. The quantitative estimate of drug-likeness (QED) is 0.464. The molecule has 6 heteroatoms. The van der Waals surface area contributed by atoms with Crippen molar-refractivity contribution in [1.82, 2.24) is 4.90 Å². The molecule has 0 spiro atoms. The van der Waals surface area contributed by atoms with E-state index in [-0.39, 0.29) is 17.7 Å². The van der Waals surface area contributed by atoms with E-state index in [0.29, 0.717) is 6.42 Å². The van der Waals surface area contributed by atoms with Crippen LogP contribution in [0, 0.1) is 0 Å². The summed E-state index contributed by atoms with van der Waals surface area (Å²) in [6, 6.07) is 23.3. The Morgan fingerprint density at radius 1 is 0.871 bits per heavy atom. The number of halogens is 3. The smallest absolute Gasteiger partial charge is 0.406 e. The van der Waals surface area contributed by atoms with Gasteiger partial charge in [0.2, 0.25) is 5.91 Å². The zero-order chi connectivity index (χ0) is 21.8. The van der Waals surface area contributed by atoms with Crippen LogP contribution in [0.15, 0.2) is 85.1 Å². The van der Waals surface area contributed by atoms with Gasteiger partial charge in [0, 0.05) is 12.6 Å². The molecule has 1 fully saturated rings. The number of rotatable bonds is 5. The van der Waals surface area contributed by atoms with Gasteiger partial charge in [-0.2, -0.15) is 0 Å². The number of alkyl halides is 3. The number of hydrogen-bond acceptors (Lipinski definition) is 2. The standard InChI is InChI=1S/C25H20F3NO2/c26-25(27,28)31-22-12-10-20(11-13-22)19-6-8-21(9-7-19)23-14-15-24(30)29(23)17-16-18-4-2-1-3-5-18/h1-13,16-17,23H,14-15H2. The van der Waals surface area contributed by atoms with E-state index in [4.69, 9.17) is 0 Å². The van der Waals surface area contributed by atoms with Crippen molar-refractivity contribution >= 4 is 12.0 Å². The first kappa shape index (κ1) is 20.7. The Bertz CT molecular complexity index is 1060. The van der Waals surface area contributed by atoms with Crippen LogP contribution >= 0.6 is 0 Å². The van der Waals surface area contributed by atoms with E-state index >= 15 is 0 Å². The van der Waals surface area contributed by atoms with Crippen LogP contribution in [-0.4, -0.2) is 17.2 Å². The van der Waals surface area contributed by atoms with Crippen molar-refractivity contribution in [2.45, 2.75) is 25.2 Å². The van der Waals surface area contributed by atoms with Gasteiger partial charge in [0.05, 0.1) is 6.04 Å². The van der Waals surface area contributed by atoms with Crippen LogP contribution in [0.5, 0.6) is 5.75 Å². The Kier molecular flexibility index (Phi) is 5.80. The Labute approximate surface area is 178 Å². The fourth-order valence-electron chi connectivity index (χ4n) is 3.69. The Morgan fingerprint density at radius 2 is 1.48 bits per heavy atom. The van der Waals surface area contributed by atoms with Crippen molar-refractivity contribution in [3.05, 3.63) is 96.2 Å². The van der Waals surface area contributed by atoms with Crippen LogP contribution in [-0.2, 0) is 4.79 Å². The van der Waals surface area contributed by atoms with Crippen molar-refractivity contribution in [2.75, 3.05) is 0 Å². The first-order valence-corrected chi connectivity index (χ1v) is 9.90. The summed E-state index contributed by atoms with van der Waals surface area (Å²) in [5, 5.41) is 0. The summed E-state index contributed by atoms with van der Waals surface area (Å²) in [5.41, 5.74) is 3.70. The topological polar surface area (TPSA) is 29.5 Å². The van der Waals surface area contributed by atoms with E-state index in [9.17, 15) is 18.0 Å². The van der Waals surface area contributed by atoms with E-state index in [2.05, 4.69) is 4.74 Å². The molecular weight excluding hydrogens is 403 g/mol. The maximum atomic E-state index is 12.4. The molecule has 0 N–H and O–H groups in total. The molecule has 1 unspecified atom stereocenters. The molecule has 0 aromatic heterocycles. The Hall–Kier alpha value is -3.54. The second-order valence-electron chi connectivity index (χ2n) is 7.28. The molecule has 1 amide bonds. The molecule has 1 saturated heterocycles. The van der Waals surface area contributed by atoms with Crippen LogP contribution in [0.2, 0.25) is 0 Å². The van der Waals surface area contributed by atoms with E-state index in [0.717, 1.165) is 28.7 Å². The van der Waals surface area contributed by atoms with Gasteiger partial charge in [-0.05, 0) is 46.9 Å². The predicted octanol–water partition coefficient (Wildman–Crippen LogP) is 6.59. The van der Waals surface area contributed by atoms with E-state index < -0.39 is 6.36 Å². The minimum Gasteiger partial charge on any atom is -0.406 e. The Balaban J connectivity index is 1.49. The highest BCUT2D eigenvalue weighted by Gasteiger charge is 2.31. The zero-order valence-corrected chi connectivity index (χ0v) is 16.5. The number of hydrogen-bond donors (Lipinski definition) is 0. The highest BCUT2D eigenvalue weighted by Crippen LogP contribution is 2.35. The second-order valence-corrected chi connectivity index (χ2v) is 7.28. The van der Waals surface area contributed by atoms with Gasteiger partial charge in [0.15, 0.2) is 0 Å². The summed E-state index contributed by atoms with van der Waals surface area (Å²) in [6.07, 6.45) is 0.285. The lowest BCUT2D eigenvalue weighted by Gasteiger charge is -2.21. The average molecular weight is 423 g/mol. The van der Waals surface area contributed by atoms with Gasteiger partial charge >= 0.3 is 6.36 Å². The summed E-state index contributed by atoms with van der Waals surface area (Å²) >= 11 is 0. The van der Waals surface area contributed by atoms with Crippen LogP contribution in [0.25, 0.3) is 17.2 Å². The molecule has 1 atom stereocenters. The van der Waals surface area contributed by atoms with Gasteiger partial charge in [-0.3, -0.25) is 4.79 Å². The lowest BCUT2D eigenvalue weighted by molar-refractivity contribution is -0.274. The monoisotopic (exact) mass is 423 g/mol. The molecule has 3 nitrogen and oxygen atoms in total. The molecule has 4 rings (SSSR count). The van der Waals surface area contributed by atoms with Gasteiger partial charge in [0.25, 0.3) is 0 Å². The highest BCUT2D eigenvalue weighted by molar-refractivity contribution is 5.81. The third-order valence-electron chi connectivity index (χ3n) is 5.20. The van der Waals surface area contributed by atoms with Crippen molar-refractivity contribution in [1.29, 1.82) is 0 Å². The normalized spacial score (nSPS) is 16.8. The lowest BCUT2D eigenvalue weighted by atomic mass is 9.99. The van der Waals surface area contributed by atoms with Gasteiger partial charge in [-0.1, -0.05) is 66.7 Å². The van der Waals surface area contributed by atoms with Crippen LogP contribution < -0.4 is 4.74 Å². The molecule has 1 aliphatic rings. The minimum atomic E-state index is -4.71. The molecule has 0 radical (unpaired) electrons. The molecule has 0 bridgehead atoms. The molecule has 3 aromatic carbocycles. The third kappa shape index (κ3) is 5.15. The molecule has 158 valence electrons. The molecule has 3 aromatic rings. The second kappa shape index (κ2) is 8.68. The predicted molar refractivity (Wildman–Crippen MR) is 113 cm³/mol. The number of carbonyl (C=O) groups excluding carboxylic acids is 1. The van der Waals surface area contributed by atoms with E-state index in [1.807, 2.05) is 66.9 Å². The van der Waals surface area contributed by atoms with Gasteiger partial charge in [-0.15, -0.1) is 13.2 Å². The van der Waals surface area contributed by atoms with Crippen molar-refractivity contribution in [3.63, 3.8) is 0 Å². The maximum Gasteiger partial charge on any atom is 0.573 e. The number of benzene rings is 3. The highest BCUT2D eigenvalue weighted by atomic mass is 19.4. The number of carbonyl (C=O) groups is 1. The summed E-state index contributed by atoms with van der Waals surface area (Å²) in [6.45, 7) is 0. The molecule has 1 heterocycles. The fraction of sp³-hybridized carbons (Fsp3) is 0.160. The largest absolute Gasteiger partial charge is 0.573 e. The molecule has 31 heavy (non-hydrogen) atoms. The van der Waals surface area contributed by atoms with Crippen molar-refractivity contribution in [3.8, 4) is 16.9 Å². The van der Waals surface area contributed by atoms with Gasteiger partial charge < -0.3 is 9.64 Å². The number of ether oxygens (including phenoxy) is 1. The zero-order valence-electron chi connectivity index (χ0n) is 16.5. The van der Waals surface area contributed by atoms with Crippen LogP contribution in [0.1, 0.15) is 30.0 Å². The first-order chi connectivity index (χ1) is 14.9. The summed E-state index contributed by atoms with van der Waals surface area (Å²) < 4.78 is 40.9. The molecule has 0 saturated carbocycles. The average Bonchev–Trinajstić information content (AvgIpc) is 3.13. The van der Waals surface area contributed by atoms with E-state index in [1.165, 1.54) is 12.1 Å². The number of likely N-dealkylation sites (tertiary alicyclic amines) is 1.